The summed E-state index contributed by atoms with van der Waals surface area (Å²) in [6, 6.07) is 0. The van der Waals surface area contributed by atoms with E-state index in [1.165, 1.54) is 12.8 Å². The van der Waals surface area contributed by atoms with Crippen LogP contribution < -0.4 is 0 Å². The lowest BCUT2D eigenvalue weighted by Crippen LogP contribution is -2.28. The van der Waals surface area contributed by atoms with Gasteiger partial charge in [0.25, 0.3) is 0 Å². The van der Waals surface area contributed by atoms with Gasteiger partial charge in [-0.15, -0.1) is 0 Å². The molecule has 3 atom stereocenters. The van der Waals surface area contributed by atoms with Crippen molar-refractivity contribution in [2.75, 3.05) is 26.4 Å². The number of ether oxygens (including phenoxy) is 2. The molecule has 0 aromatic heterocycles. The summed E-state index contributed by atoms with van der Waals surface area (Å²) in [6.07, 6.45) is 24.6. The number of allylic oxidation sites excluding steroid dienone is 4. The van der Waals surface area contributed by atoms with Crippen LogP contribution in [0.4, 0.5) is 0 Å². The van der Waals surface area contributed by atoms with Crippen LogP contribution in [0.25, 0.3) is 0 Å². The number of esters is 2. The standard InChI is InChI=1S/C33H61O10P/c1-3-5-7-9-11-13-15-17-19-21-23-25-33(37)43-31(27-35)29-41-44(38,39)40-28-30(26-34)42-32(36)24-22-20-18-16-14-12-10-8-6-4-2/h8-11,30-31,34-35H,3-7,12-29H2,1-2H3,(H,38,39)/b10-8-,11-9-. The van der Waals surface area contributed by atoms with Gasteiger partial charge in [0, 0.05) is 12.8 Å². The van der Waals surface area contributed by atoms with Gasteiger partial charge >= 0.3 is 19.8 Å². The minimum atomic E-state index is -4.62. The highest BCUT2D eigenvalue weighted by Crippen LogP contribution is 2.43. The lowest BCUT2D eigenvalue weighted by Gasteiger charge is -2.20. The highest BCUT2D eigenvalue weighted by molar-refractivity contribution is 7.47. The van der Waals surface area contributed by atoms with Gasteiger partial charge in [-0.05, 0) is 51.4 Å². The number of hydrogen-bond acceptors (Lipinski definition) is 9. The quantitative estimate of drug-likeness (QED) is 0.0299. The molecule has 258 valence electrons. The van der Waals surface area contributed by atoms with Crippen LogP contribution in [0.15, 0.2) is 24.3 Å². The molecule has 0 spiro atoms. The van der Waals surface area contributed by atoms with E-state index in [0.717, 1.165) is 83.5 Å². The third-order valence-corrected chi connectivity index (χ3v) is 7.82. The Labute approximate surface area is 266 Å². The summed E-state index contributed by atoms with van der Waals surface area (Å²) in [4.78, 5) is 34.1. The van der Waals surface area contributed by atoms with Gasteiger partial charge in [-0.1, -0.05) is 95.9 Å². The second kappa shape index (κ2) is 30.1. The molecule has 0 bridgehead atoms. The highest BCUT2D eigenvalue weighted by Gasteiger charge is 2.27. The Morgan fingerprint density at radius 3 is 1.39 bits per heavy atom. The maximum Gasteiger partial charge on any atom is 0.472 e. The SMILES string of the molecule is CCC/C=C\CCCCCCCC(=O)OC(CO)COP(=O)(O)OCC(CO)OC(=O)CCCCCCC/C=C\CCCC. The van der Waals surface area contributed by atoms with Gasteiger partial charge in [-0.25, -0.2) is 4.57 Å². The van der Waals surface area contributed by atoms with E-state index in [4.69, 9.17) is 18.5 Å². The third kappa shape index (κ3) is 28.0. The fourth-order valence-corrected chi connectivity index (χ4v) is 5.00. The molecule has 3 unspecified atom stereocenters. The van der Waals surface area contributed by atoms with Crippen LogP contribution in [0.2, 0.25) is 0 Å². The molecule has 0 aliphatic carbocycles. The average molecular weight is 649 g/mol. The zero-order valence-corrected chi connectivity index (χ0v) is 28.3. The van der Waals surface area contributed by atoms with Gasteiger partial charge < -0.3 is 24.6 Å². The molecule has 0 aliphatic rings. The summed E-state index contributed by atoms with van der Waals surface area (Å²) in [5, 5.41) is 19.0. The van der Waals surface area contributed by atoms with Crippen molar-refractivity contribution in [1.29, 1.82) is 0 Å². The van der Waals surface area contributed by atoms with Crippen LogP contribution in [0.5, 0.6) is 0 Å². The fraction of sp³-hybridized carbons (Fsp3) is 0.818. The molecule has 11 heteroatoms. The Morgan fingerprint density at radius 1 is 0.591 bits per heavy atom. The number of carbonyl (C=O) groups excluding carboxylic acids is 2. The van der Waals surface area contributed by atoms with Gasteiger partial charge in [0.05, 0.1) is 26.4 Å². The molecule has 0 radical (unpaired) electrons. The Bertz CT molecular complexity index is 801. The Kier molecular flexibility index (Phi) is 29.1. The van der Waals surface area contributed by atoms with Gasteiger partial charge in [0.15, 0.2) is 0 Å². The van der Waals surface area contributed by atoms with E-state index >= 15 is 0 Å². The van der Waals surface area contributed by atoms with Crippen molar-refractivity contribution in [2.45, 2.75) is 148 Å². The lowest BCUT2D eigenvalue weighted by atomic mass is 10.1. The van der Waals surface area contributed by atoms with Crippen LogP contribution in [0.3, 0.4) is 0 Å². The number of hydrogen-bond donors (Lipinski definition) is 3. The lowest BCUT2D eigenvalue weighted by molar-refractivity contribution is -0.153. The number of carbonyl (C=O) groups is 2. The Hall–Kier alpha value is -1.55. The maximum absolute atomic E-state index is 12.2. The van der Waals surface area contributed by atoms with Crippen LogP contribution in [-0.4, -0.2) is 65.7 Å². The number of aliphatic hydroxyl groups excluding tert-OH is 2. The number of aliphatic hydroxyl groups is 2. The van der Waals surface area contributed by atoms with Crippen molar-refractivity contribution in [2.24, 2.45) is 0 Å². The molecule has 3 N–H and O–H groups in total. The van der Waals surface area contributed by atoms with Crippen LogP contribution in [0, 0.1) is 0 Å². The first-order chi connectivity index (χ1) is 21.3. The summed E-state index contributed by atoms with van der Waals surface area (Å²) < 4.78 is 32.2. The molecule has 0 aromatic rings. The molecule has 0 fully saturated rings. The van der Waals surface area contributed by atoms with Gasteiger partial charge in [0.1, 0.15) is 12.2 Å². The number of unbranched alkanes of at least 4 members (excludes halogenated alkanes) is 13. The number of phosphoric acid groups is 1. The zero-order valence-electron chi connectivity index (χ0n) is 27.4. The minimum absolute atomic E-state index is 0.181. The van der Waals surface area contributed by atoms with E-state index in [2.05, 4.69) is 38.2 Å². The summed E-state index contributed by atoms with van der Waals surface area (Å²) in [5.74, 6) is -1.04. The fourth-order valence-electron chi connectivity index (χ4n) is 4.21. The summed E-state index contributed by atoms with van der Waals surface area (Å²) in [6.45, 7) is 2.04. The number of phosphoric ester groups is 1. The van der Waals surface area contributed by atoms with E-state index in [1.54, 1.807) is 0 Å². The molecular formula is C33H61O10P. The molecule has 10 nitrogen and oxygen atoms in total. The first-order valence-corrected chi connectivity index (χ1v) is 18.3. The Morgan fingerprint density at radius 2 is 0.977 bits per heavy atom. The normalized spacial score (nSPS) is 14.6. The van der Waals surface area contributed by atoms with Crippen molar-refractivity contribution < 1.29 is 47.8 Å². The van der Waals surface area contributed by atoms with Gasteiger partial charge in [-0.3, -0.25) is 18.6 Å². The first kappa shape index (κ1) is 42.5. The highest BCUT2D eigenvalue weighted by atomic mass is 31.2. The molecule has 0 aliphatic heterocycles. The molecule has 0 saturated carbocycles. The average Bonchev–Trinajstić information content (AvgIpc) is 3.01. The van der Waals surface area contributed by atoms with Crippen LogP contribution in [-0.2, 0) is 32.7 Å². The van der Waals surface area contributed by atoms with Gasteiger partial charge in [0.2, 0.25) is 0 Å². The molecule has 0 aromatic carbocycles. The topological polar surface area (TPSA) is 149 Å². The van der Waals surface area contributed by atoms with E-state index in [9.17, 15) is 29.3 Å². The summed E-state index contributed by atoms with van der Waals surface area (Å²) >= 11 is 0. The van der Waals surface area contributed by atoms with Crippen molar-refractivity contribution in [3.05, 3.63) is 24.3 Å². The van der Waals surface area contributed by atoms with Crippen molar-refractivity contribution >= 4 is 19.8 Å². The predicted octanol–water partition coefficient (Wildman–Crippen LogP) is 7.49. The second-order valence-electron chi connectivity index (χ2n) is 11.1. The monoisotopic (exact) mass is 648 g/mol. The van der Waals surface area contributed by atoms with E-state index in [0.29, 0.717) is 12.8 Å². The van der Waals surface area contributed by atoms with Crippen LogP contribution >= 0.6 is 7.82 Å². The molecule has 0 heterocycles. The van der Waals surface area contributed by atoms with Gasteiger partial charge in [-0.2, -0.15) is 0 Å². The zero-order chi connectivity index (χ0) is 32.7. The Balaban J connectivity index is 4.07. The minimum Gasteiger partial charge on any atom is -0.457 e. The van der Waals surface area contributed by atoms with Crippen molar-refractivity contribution in [3.63, 3.8) is 0 Å². The largest absolute Gasteiger partial charge is 0.472 e. The predicted molar refractivity (Wildman–Crippen MR) is 173 cm³/mol. The van der Waals surface area contributed by atoms with Crippen LogP contribution in [0.1, 0.15) is 136 Å². The van der Waals surface area contributed by atoms with E-state index in [-0.39, 0.29) is 12.8 Å². The maximum atomic E-state index is 12.2. The first-order valence-electron chi connectivity index (χ1n) is 16.8. The third-order valence-electron chi connectivity index (χ3n) is 6.87. The molecule has 44 heavy (non-hydrogen) atoms. The number of rotatable bonds is 31. The summed E-state index contributed by atoms with van der Waals surface area (Å²) in [5.41, 5.74) is 0. The molecule has 0 rings (SSSR count). The van der Waals surface area contributed by atoms with Crippen molar-refractivity contribution in [3.8, 4) is 0 Å². The molecule has 0 amide bonds. The van der Waals surface area contributed by atoms with Crippen molar-refractivity contribution in [1.82, 2.24) is 0 Å². The van der Waals surface area contributed by atoms with E-state index < -0.39 is 58.4 Å². The smallest absolute Gasteiger partial charge is 0.457 e. The second-order valence-corrected chi connectivity index (χ2v) is 12.6. The molecular weight excluding hydrogens is 587 g/mol. The summed E-state index contributed by atoms with van der Waals surface area (Å²) in [7, 11) is -4.62. The van der Waals surface area contributed by atoms with E-state index in [1.807, 2.05) is 0 Å². The molecule has 0 saturated heterocycles.